The molecule has 86 valence electrons. The van der Waals surface area contributed by atoms with Crippen LogP contribution in [-0.2, 0) is 4.74 Å². The lowest BCUT2D eigenvalue weighted by molar-refractivity contribution is 0.193. The first-order valence-electron chi connectivity index (χ1n) is 5.66. The molecule has 0 amide bonds. The largest absolute Gasteiger partial charge is 0.383 e. The third-order valence-corrected chi connectivity index (χ3v) is 3.99. The van der Waals surface area contributed by atoms with Crippen LogP contribution in [0.5, 0.6) is 0 Å². The van der Waals surface area contributed by atoms with Crippen LogP contribution in [-0.4, -0.2) is 23.2 Å². The zero-order chi connectivity index (χ0) is 11.1. The molecule has 1 saturated carbocycles. The fourth-order valence-electron chi connectivity index (χ4n) is 2.05. The summed E-state index contributed by atoms with van der Waals surface area (Å²) in [5.74, 6) is 2.34. The number of aromatic nitrogens is 2. The molecule has 1 saturated heterocycles. The van der Waals surface area contributed by atoms with Crippen molar-refractivity contribution in [3.8, 4) is 0 Å². The molecule has 2 fully saturated rings. The van der Waals surface area contributed by atoms with Crippen molar-refractivity contribution in [3.05, 3.63) is 16.0 Å². The molecule has 0 spiro atoms. The summed E-state index contributed by atoms with van der Waals surface area (Å²) < 4.78 is 6.25. The molecule has 1 atom stereocenters. The molecule has 16 heavy (non-hydrogen) atoms. The van der Waals surface area contributed by atoms with Crippen molar-refractivity contribution in [3.63, 3.8) is 0 Å². The van der Waals surface area contributed by atoms with Crippen LogP contribution in [0.1, 0.15) is 42.6 Å². The Balaban J connectivity index is 1.98. The van der Waals surface area contributed by atoms with E-state index in [1.807, 2.05) is 0 Å². The quantitative estimate of drug-likeness (QED) is 0.904. The van der Waals surface area contributed by atoms with Crippen LogP contribution >= 0.6 is 15.9 Å². The summed E-state index contributed by atoms with van der Waals surface area (Å²) >= 11 is 3.48. The van der Waals surface area contributed by atoms with Gasteiger partial charge in [0.25, 0.3) is 0 Å². The highest BCUT2D eigenvalue weighted by atomic mass is 79.9. The van der Waals surface area contributed by atoms with Gasteiger partial charge in [0.1, 0.15) is 11.6 Å². The Hall–Kier alpha value is -0.680. The predicted molar refractivity (Wildman–Crippen MR) is 64.3 cm³/mol. The molecule has 0 bridgehead atoms. The van der Waals surface area contributed by atoms with Crippen LogP contribution in [0.3, 0.4) is 0 Å². The summed E-state index contributed by atoms with van der Waals surface area (Å²) in [5.41, 5.74) is 7.01. The molecule has 0 radical (unpaired) electrons. The first kappa shape index (κ1) is 10.5. The van der Waals surface area contributed by atoms with Crippen molar-refractivity contribution in [1.29, 1.82) is 0 Å². The van der Waals surface area contributed by atoms with Crippen molar-refractivity contribution in [2.45, 2.75) is 31.1 Å². The Morgan fingerprint density at radius 2 is 2.00 bits per heavy atom. The third-order valence-electron chi connectivity index (χ3n) is 3.18. The van der Waals surface area contributed by atoms with Crippen molar-refractivity contribution in [2.24, 2.45) is 0 Å². The van der Waals surface area contributed by atoms with Crippen LogP contribution in [0, 0.1) is 0 Å². The number of nitrogens with zero attached hydrogens (tertiary/aromatic N) is 2. The fourth-order valence-corrected chi connectivity index (χ4v) is 2.55. The van der Waals surface area contributed by atoms with Gasteiger partial charge in [0, 0.05) is 18.4 Å². The lowest BCUT2D eigenvalue weighted by Crippen LogP contribution is -2.09. The third kappa shape index (κ3) is 1.82. The number of halogens is 1. The number of hydrogen-bond donors (Lipinski definition) is 1. The minimum atomic E-state index is 0.327. The van der Waals surface area contributed by atoms with E-state index in [1.54, 1.807) is 0 Å². The second-order valence-corrected chi connectivity index (χ2v) is 5.29. The Bertz CT molecular complexity index is 414. The predicted octanol–water partition coefficient (Wildman–Crippen LogP) is 2.20. The van der Waals surface area contributed by atoms with Gasteiger partial charge in [-0.25, -0.2) is 9.97 Å². The minimum absolute atomic E-state index is 0.327. The van der Waals surface area contributed by atoms with E-state index in [4.69, 9.17) is 10.5 Å². The molecule has 2 N–H and O–H groups in total. The highest BCUT2D eigenvalue weighted by Crippen LogP contribution is 2.43. The van der Waals surface area contributed by atoms with Crippen molar-refractivity contribution in [2.75, 3.05) is 18.9 Å². The van der Waals surface area contributed by atoms with E-state index >= 15 is 0 Å². The number of ether oxygens (including phenoxy) is 1. The first-order chi connectivity index (χ1) is 7.75. The van der Waals surface area contributed by atoms with Crippen LogP contribution in [0.25, 0.3) is 0 Å². The van der Waals surface area contributed by atoms with Crippen molar-refractivity contribution < 1.29 is 4.74 Å². The number of anilines is 1. The number of nitrogen functional groups attached to an aromatic ring is 1. The Kier molecular flexibility index (Phi) is 2.59. The normalized spacial score (nSPS) is 24.9. The molecular weight excluding hydrogens is 270 g/mol. The van der Waals surface area contributed by atoms with E-state index < -0.39 is 0 Å². The van der Waals surface area contributed by atoms with Gasteiger partial charge < -0.3 is 10.5 Å². The molecule has 2 aliphatic rings. The Morgan fingerprint density at radius 3 is 2.62 bits per heavy atom. The Morgan fingerprint density at radius 1 is 1.19 bits per heavy atom. The summed E-state index contributed by atoms with van der Waals surface area (Å²) in [7, 11) is 0. The SMILES string of the molecule is Nc1nc(C2CCOC2)nc(C2CC2)c1Br. The van der Waals surface area contributed by atoms with Crippen molar-refractivity contribution >= 4 is 21.7 Å². The summed E-state index contributed by atoms with van der Waals surface area (Å²) in [5, 5.41) is 0. The van der Waals surface area contributed by atoms with Crippen LogP contribution < -0.4 is 5.73 Å². The van der Waals surface area contributed by atoms with Gasteiger partial charge in [-0.1, -0.05) is 0 Å². The summed E-state index contributed by atoms with van der Waals surface area (Å²) in [6.45, 7) is 1.54. The molecule has 1 aromatic rings. The van der Waals surface area contributed by atoms with Crippen LogP contribution in [0.15, 0.2) is 4.47 Å². The average molecular weight is 284 g/mol. The summed E-state index contributed by atoms with van der Waals surface area (Å²) in [6, 6.07) is 0. The number of nitrogens with two attached hydrogens (primary N) is 1. The zero-order valence-electron chi connectivity index (χ0n) is 8.95. The standard InChI is InChI=1S/C11H14BrN3O/c12-8-9(6-1-2-6)14-11(15-10(8)13)7-3-4-16-5-7/h6-7H,1-5H2,(H2,13,14,15). The Labute approximate surface area is 103 Å². The van der Waals surface area contributed by atoms with E-state index in [0.717, 1.165) is 35.6 Å². The minimum Gasteiger partial charge on any atom is -0.383 e. The highest BCUT2D eigenvalue weighted by molar-refractivity contribution is 9.10. The average Bonchev–Trinajstić information content (AvgIpc) is 2.96. The zero-order valence-corrected chi connectivity index (χ0v) is 10.5. The maximum absolute atomic E-state index is 5.92. The van der Waals surface area contributed by atoms with Gasteiger partial charge in [0.15, 0.2) is 0 Å². The lowest BCUT2D eigenvalue weighted by Gasteiger charge is -2.11. The summed E-state index contributed by atoms with van der Waals surface area (Å²) in [4.78, 5) is 9.02. The van der Waals surface area contributed by atoms with E-state index in [9.17, 15) is 0 Å². The maximum Gasteiger partial charge on any atom is 0.141 e. The number of rotatable bonds is 2. The number of hydrogen-bond acceptors (Lipinski definition) is 4. The van der Waals surface area contributed by atoms with Gasteiger partial charge in [-0.15, -0.1) is 0 Å². The van der Waals surface area contributed by atoms with Crippen LogP contribution in [0.2, 0.25) is 0 Å². The molecule has 1 aromatic heterocycles. The van der Waals surface area contributed by atoms with E-state index in [0.29, 0.717) is 17.7 Å². The lowest BCUT2D eigenvalue weighted by atomic mass is 10.1. The molecule has 0 aromatic carbocycles. The molecule has 1 aliphatic heterocycles. The molecule has 2 heterocycles. The monoisotopic (exact) mass is 283 g/mol. The molecule has 4 nitrogen and oxygen atoms in total. The first-order valence-corrected chi connectivity index (χ1v) is 6.45. The molecule has 1 unspecified atom stereocenters. The van der Waals surface area contributed by atoms with Gasteiger partial charge in [-0.2, -0.15) is 0 Å². The molecule has 5 heteroatoms. The van der Waals surface area contributed by atoms with E-state index in [-0.39, 0.29) is 0 Å². The maximum atomic E-state index is 5.92. The van der Waals surface area contributed by atoms with Gasteiger partial charge in [-0.3, -0.25) is 0 Å². The van der Waals surface area contributed by atoms with E-state index in [1.165, 1.54) is 12.8 Å². The van der Waals surface area contributed by atoms with Gasteiger partial charge in [-0.05, 0) is 35.2 Å². The molecule has 3 rings (SSSR count). The second-order valence-electron chi connectivity index (χ2n) is 4.50. The van der Waals surface area contributed by atoms with Gasteiger partial charge in [0.05, 0.1) is 16.8 Å². The van der Waals surface area contributed by atoms with Gasteiger partial charge >= 0.3 is 0 Å². The topological polar surface area (TPSA) is 61.0 Å². The van der Waals surface area contributed by atoms with Crippen molar-refractivity contribution in [1.82, 2.24) is 9.97 Å². The van der Waals surface area contributed by atoms with Crippen LogP contribution in [0.4, 0.5) is 5.82 Å². The van der Waals surface area contributed by atoms with Gasteiger partial charge in [0.2, 0.25) is 0 Å². The van der Waals surface area contributed by atoms with E-state index in [2.05, 4.69) is 25.9 Å². The molecular formula is C11H14BrN3O. The second kappa shape index (κ2) is 3.96. The molecule has 1 aliphatic carbocycles. The smallest absolute Gasteiger partial charge is 0.141 e. The fraction of sp³-hybridized carbons (Fsp3) is 0.636. The highest BCUT2D eigenvalue weighted by Gasteiger charge is 2.30. The summed E-state index contributed by atoms with van der Waals surface area (Å²) in [6.07, 6.45) is 3.44.